The lowest BCUT2D eigenvalue weighted by atomic mass is 9.95. The van der Waals surface area contributed by atoms with Crippen molar-refractivity contribution in [3.05, 3.63) is 11.9 Å². The minimum atomic E-state index is 0.394. The van der Waals surface area contributed by atoms with Crippen molar-refractivity contribution in [2.75, 3.05) is 10.7 Å². The first-order valence-corrected chi connectivity index (χ1v) is 6.75. The number of hydrogen-bond donors (Lipinski definition) is 3. The lowest BCUT2D eigenvalue weighted by molar-refractivity contribution is 0.437. The fraction of sp³-hybridized carbons (Fsp3) is 0.692. The van der Waals surface area contributed by atoms with E-state index in [9.17, 15) is 0 Å². The van der Waals surface area contributed by atoms with Gasteiger partial charge in [0.2, 0.25) is 0 Å². The van der Waals surface area contributed by atoms with Crippen LogP contribution in [-0.4, -0.2) is 16.0 Å². The quantitative estimate of drug-likeness (QED) is 0.513. The number of aromatic nitrogens is 2. The van der Waals surface area contributed by atoms with Crippen LogP contribution < -0.4 is 16.6 Å². The second-order valence-corrected chi connectivity index (χ2v) is 4.56. The maximum Gasteiger partial charge on any atom is 0.145 e. The van der Waals surface area contributed by atoms with Gasteiger partial charge in [-0.2, -0.15) is 0 Å². The van der Waals surface area contributed by atoms with Gasteiger partial charge in [-0.25, -0.2) is 15.8 Å². The Morgan fingerprint density at radius 1 is 1.17 bits per heavy atom. The van der Waals surface area contributed by atoms with Crippen LogP contribution in [-0.2, 0) is 6.42 Å². The number of nitrogens with one attached hydrogen (secondary N) is 2. The summed E-state index contributed by atoms with van der Waals surface area (Å²) < 4.78 is 0. The molecular formula is C13H25N5. The van der Waals surface area contributed by atoms with E-state index in [4.69, 9.17) is 5.84 Å². The Labute approximate surface area is 110 Å². The van der Waals surface area contributed by atoms with Gasteiger partial charge < -0.3 is 10.7 Å². The van der Waals surface area contributed by atoms with E-state index in [0.717, 1.165) is 18.1 Å². The van der Waals surface area contributed by atoms with Crippen LogP contribution >= 0.6 is 0 Å². The third-order valence-electron chi connectivity index (χ3n) is 3.37. The molecule has 0 aliphatic rings. The molecule has 1 aromatic heterocycles. The van der Waals surface area contributed by atoms with Gasteiger partial charge in [0, 0.05) is 18.5 Å². The number of hydrazine groups is 1. The van der Waals surface area contributed by atoms with Crippen molar-refractivity contribution in [2.45, 2.75) is 53.0 Å². The van der Waals surface area contributed by atoms with Crippen LogP contribution in [0.1, 0.15) is 46.4 Å². The van der Waals surface area contributed by atoms with E-state index in [1.807, 2.05) is 13.0 Å². The van der Waals surface area contributed by atoms with Gasteiger partial charge >= 0.3 is 0 Å². The summed E-state index contributed by atoms with van der Waals surface area (Å²) in [4.78, 5) is 8.75. The molecule has 0 saturated carbocycles. The zero-order valence-electron chi connectivity index (χ0n) is 11.8. The summed E-state index contributed by atoms with van der Waals surface area (Å²) in [5, 5.41) is 3.45. The third-order valence-corrected chi connectivity index (χ3v) is 3.37. The highest BCUT2D eigenvalue weighted by Crippen LogP contribution is 2.18. The van der Waals surface area contributed by atoms with Crippen LogP contribution in [0.5, 0.6) is 0 Å². The van der Waals surface area contributed by atoms with E-state index >= 15 is 0 Å². The third kappa shape index (κ3) is 3.84. The highest BCUT2D eigenvalue weighted by atomic mass is 15.3. The van der Waals surface area contributed by atoms with Gasteiger partial charge in [0.1, 0.15) is 17.5 Å². The lowest BCUT2D eigenvalue weighted by Crippen LogP contribution is -2.26. The van der Waals surface area contributed by atoms with Crippen LogP contribution in [0.25, 0.3) is 0 Å². The molecule has 1 aromatic rings. The molecule has 5 nitrogen and oxygen atoms in total. The lowest BCUT2D eigenvalue weighted by Gasteiger charge is -2.23. The fourth-order valence-corrected chi connectivity index (χ4v) is 2.15. The topological polar surface area (TPSA) is 75.9 Å². The highest BCUT2D eigenvalue weighted by Gasteiger charge is 2.14. The second kappa shape index (κ2) is 7.16. The Kier molecular flexibility index (Phi) is 5.85. The molecule has 1 unspecified atom stereocenters. The standard InChI is InChI=1S/C13H25N5/c1-5-10(6-2)9(4)15-12-8-13(18-14)17-11(7-3)16-12/h8-10H,5-7,14H2,1-4H3,(H2,15,16,17,18). The molecule has 4 N–H and O–H groups in total. The van der Waals surface area contributed by atoms with Gasteiger partial charge in [0.15, 0.2) is 0 Å². The predicted octanol–water partition coefficient (Wildman–Crippen LogP) is 2.56. The predicted molar refractivity (Wildman–Crippen MR) is 76.4 cm³/mol. The molecule has 0 bridgehead atoms. The summed E-state index contributed by atoms with van der Waals surface area (Å²) in [7, 11) is 0. The number of nitrogen functional groups attached to an aromatic ring is 1. The molecule has 0 spiro atoms. The molecule has 1 atom stereocenters. The van der Waals surface area contributed by atoms with Crippen molar-refractivity contribution in [2.24, 2.45) is 11.8 Å². The van der Waals surface area contributed by atoms with Crippen LogP contribution in [0.15, 0.2) is 6.07 Å². The van der Waals surface area contributed by atoms with Crippen LogP contribution in [0.4, 0.5) is 11.6 Å². The minimum Gasteiger partial charge on any atom is -0.367 e. The van der Waals surface area contributed by atoms with Crippen molar-refractivity contribution >= 4 is 11.6 Å². The second-order valence-electron chi connectivity index (χ2n) is 4.56. The molecule has 0 aliphatic carbocycles. The molecule has 0 aliphatic heterocycles. The highest BCUT2D eigenvalue weighted by molar-refractivity contribution is 5.47. The molecule has 0 radical (unpaired) electrons. The number of aryl methyl sites for hydroxylation is 1. The van der Waals surface area contributed by atoms with E-state index in [-0.39, 0.29) is 0 Å². The van der Waals surface area contributed by atoms with Crippen molar-refractivity contribution < 1.29 is 0 Å². The number of hydrogen-bond acceptors (Lipinski definition) is 5. The Hall–Kier alpha value is -1.36. The summed E-state index contributed by atoms with van der Waals surface area (Å²) in [6.45, 7) is 8.66. The number of rotatable bonds is 7. The molecule has 0 fully saturated rings. The van der Waals surface area contributed by atoms with E-state index < -0.39 is 0 Å². The van der Waals surface area contributed by atoms with Crippen molar-refractivity contribution in [3.8, 4) is 0 Å². The van der Waals surface area contributed by atoms with Gasteiger partial charge in [0.25, 0.3) is 0 Å². The maximum absolute atomic E-state index is 5.42. The first kappa shape index (κ1) is 14.7. The van der Waals surface area contributed by atoms with Gasteiger partial charge in [0.05, 0.1) is 0 Å². The zero-order valence-corrected chi connectivity index (χ0v) is 11.8. The van der Waals surface area contributed by atoms with Crippen LogP contribution in [0.2, 0.25) is 0 Å². The number of nitrogens with zero attached hydrogens (tertiary/aromatic N) is 2. The molecular weight excluding hydrogens is 226 g/mol. The summed E-state index contributed by atoms with van der Waals surface area (Å²) in [5.41, 5.74) is 2.58. The summed E-state index contributed by atoms with van der Waals surface area (Å²) in [6, 6.07) is 2.24. The van der Waals surface area contributed by atoms with Gasteiger partial charge in [-0.05, 0) is 12.8 Å². The summed E-state index contributed by atoms with van der Waals surface area (Å²) >= 11 is 0. The first-order valence-electron chi connectivity index (χ1n) is 6.75. The van der Waals surface area contributed by atoms with Crippen molar-refractivity contribution in [3.63, 3.8) is 0 Å². The van der Waals surface area contributed by atoms with Gasteiger partial charge in [-0.1, -0.05) is 33.6 Å². The average Bonchev–Trinajstić information content (AvgIpc) is 2.39. The van der Waals surface area contributed by atoms with E-state index in [1.54, 1.807) is 0 Å². The normalized spacial score (nSPS) is 12.6. The molecule has 18 heavy (non-hydrogen) atoms. The summed E-state index contributed by atoms with van der Waals surface area (Å²) in [5.74, 6) is 8.36. The molecule has 5 heteroatoms. The molecule has 102 valence electrons. The summed E-state index contributed by atoms with van der Waals surface area (Å²) in [6.07, 6.45) is 3.13. The van der Waals surface area contributed by atoms with Gasteiger partial charge in [-0.15, -0.1) is 0 Å². The molecule has 1 rings (SSSR count). The monoisotopic (exact) mass is 251 g/mol. The van der Waals surface area contributed by atoms with Crippen molar-refractivity contribution in [1.82, 2.24) is 9.97 Å². The fourth-order valence-electron chi connectivity index (χ4n) is 2.15. The Morgan fingerprint density at radius 3 is 2.28 bits per heavy atom. The van der Waals surface area contributed by atoms with Crippen LogP contribution in [0.3, 0.4) is 0 Å². The average molecular weight is 251 g/mol. The molecule has 0 aromatic carbocycles. The van der Waals surface area contributed by atoms with E-state index in [1.165, 1.54) is 12.8 Å². The number of anilines is 2. The Bertz CT molecular complexity index is 340. The number of nitrogens with two attached hydrogens (primary N) is 1. The molecule has 0 saturated heterocycles. The molecule has 0 amide bonds. The van der Waals surface area contributed by atoms with Crippen molar-refractivity contribution in [1.29, 1.82) is 0 Å². The SMILES string of the molecule is CCc1nc(NN)cc(NC(C)C(CC)CC)n1. The zero-order chi connectivity index (χ0) is 13.5. The van der Waals surface area contributed by atoms with Crippen LogP contribution in [0, 0.1) is 5.92 Å². The smallest absolute Gasteiger partial charge is 0.145 e. The first-order chi connectivity index (χ1) is 8.64. The van der Waals surface area contributed by atoms with E-state index in [2.05, 4.69) is 41.5 Å². The largest absolute Gasteiger partial charge is 0.367 e. The Morgan fingerprint density at radius 2 is 1.78 bits per heavy atom. The van der Waals surface area contributed by atoms with E-state index in [0.29, 0.717) is 17.8 Å². The maximum atomic E-state index is 5.42. The Balaban J connectivity index is 2.82. The van der Waals surface area contributed by atoms with Gasteiger partial charge in [-0.3, -0.25) is 0 Å². The minimum absolute atomic E-state index is 0.394. The molecule has 1 heterocycles.